The fraction of sp³-hybridized carbons (Fsp3) is 0.214. The first kappa shape index (κ1) is 26.5. The maximum Gasteiger partial charge on any atom is 0.336 e. The zero-order valence-corrected chi connectivity index (χ0v) is 20.8. The normalized spacial score (nSPS) is 10.9. The summed E-state index contributed by atoms with van der Waals surface area (Å²) < 4.78 is 20.3. The molecule has 0 aliphatic heterocycles. The first-order valence-corrected chi connectivity index (χ1v) is 12.0. The number of nitrogens with one attached hydrogen (secondary N) is 2. The van der Waals surface area contributed by atoms with Crippen LogP contribution in [-0.2, 0) is 33.8 Å². The van der Waals surface area contributed by atoms with Crippen molar-refractivity contribution in [1.29, 1.82) is 0 Å². The van der Waals surface area contributed by atoms with Gasteiger partial charge in [-0.25, -0.2) is 13.8 Å². The molecule has 9 nitrogen and oxygen atoms in total. The molecular weight excluding hydrogens is 491 g/mol. The third-order valence-electron chi connectivity index (χ3n) is 5.94. The third-order valence-corrected chi connectivity index (χ3v) is 5.94. The summed E-state index contributed by atoms with van der Waals surface area (Å²) in [6.45, 7) is 0.648. The van der Waals surface area contributed by atoms with E-state index < -0.39 is 17.2 Å². The Morgan fingerprint density at radius 1 is 0.868 bits per heavy atom. The minimum atomic E-state index is -0.671. The number of nitrogens with zero attached hydrogens (tertiary/aromatic N) is 2. The number of amides is 2. The molecule has 0 saturated carbocycles. The van der Waals surface area contributed by atoms with Crippen molar-refractivity contribution < 1.29 is 18.7 Å². The van der Waals surface area contributed by atoms with Crippen LogP contribution in [0.2, 0.25) is 0 Å². The van der Waals surface area contributed by atoms with Gasteiger partial charge in [-0.05, 0) is 47.5 Å². The lowest BCUT2D eigenvalue weighted by molar-refractivity contribution is -0.122. The van der Waals surface area contributed by atoms with Crippen molar-refractivity contribution in [3.8, 4) is 5.69 Å². The molecule has 1 aromatic heterocycles. The Hall–Kier alpha value is -4.57. The molecule has 38 heavy (non-hydrogen) atoms. The first-order valence-electron chi connectivity index (χ1n) is 12.0. The van der Waals surface area contributed by atoms with Crippen molar-refractivity contribution in [2.24, 2.45) is 0 Å². The van der Waals surface area contributed by atoms with Crippen molar-refractivity contribution in [2.75, 3.05) is 20.3 Å². The van der Waals surface area contributed by atoms with E-state index in [-0.39, 0.29) is 36.6 Å². The van der Waals surface area contributed by atoms with Gasteiger partial charge < -0.3 is 15.4 Å². The van der Waals surface area contributed by atoms with Gasteiger partial charge in [-0.15, -0.1) is 0 Å². The van der Waals surface area contributed by atoms with Crippen LogP contribution in [0.4, 0.5) is 4.39 Å². The van der Waals surface area contributed by atoms with Gasteiger partial charge in [-0.1, -0.05) is 36.4 Å². The second-order valence-electron chi connectivity index (χ2n) is 8.62. The molecule has 0 radical (unpaired) electrons. The van der Waals surface area contributed by atoms with Crippen molar-refractivity contribution in [1.82, 2.24) is 19.8 Å². The lowest BCUT2D eigenvalue weighted by Crippen LogP contribution is -2.41. The molecule has 0 saturated heterocycles. The number of aromatic nitrogens is 2. The second-order valence-corrected chi connectivity index (χ2v) is 8.62. The van der Waals surface area contributed by atoms with E-state index in [2.05, 4.69) is 10.6 Å². The van der Waals surface area contributed by atoms with Gasteiger partial charge in [0, 0.05) is 20.2 Å². The van der Waals surface area contributed by atoms with Gasteiger partial charge >= 0.3 is 5.69 Å². The van der Waals surface area contributed by atoms with E-state index in [1.165, 1.54) is 16.7 Å². The van der Waals surface area contributed by atoms with E-state index in [1.807, 2.05) is 0 Å². The van der Waals surface area contributed by atoms with Crippen LogP contribution in [0.1, 0.15) is 11.1 Å². The Morgan fingerprint density at radius 2 is 1.55 bits per heavy atom. The Labute approximate surface area is 217 Å². The van der Waals surface area contributed by atoms with Crippen molar-refractivity contribution >= 4 is 22.7 Å². The summed E-state index contributed by atoms with van der Waals surface area (Å²) in [5.74, 6) is -0.994. The van der Waals surface area contributed by atoms with E-state index in [0.717, 1.165) is 4.57 Å². The van der Waals surface area contributed by atoms with E-state index >= 15 is 0 Å². The maximum absolute atomic E-state index is 13.5. The molecule has 0 aliphatic rings. The van der Waals surface area contributed by atoms with Gasteiger partial charge in [0.25, 0.3) is 5.56 Å². The number of fused-ring (bicyclic) bond motifs is 1. The SMILES string of the molecule is COCCNC(=O)Cc1ccc(-n2c(=O)c3ccccc3n(CC(=O)NCc3ccc(F)cc3)c2=O)cc1. The van der Waals surface area contributed by atoms with E-state index in [0.29, 0.717) is 35.5 Å². The molecule has 10 heteroatoms. The van der Waals surface area contributed by atoms with Gasteiger partial charge in [0.2, 0.25) is 11.8 Å². The number of carbonyl (C=O) groups excluding carboxylic acids is 2. The van der Waals surface area contributed by atoms with Crippen LogP contribution >= 0.6 is 0 Å². The lowest BCUT2D eigenvalue weighted by Gasteiger charge is -2.14. The minimum absolute atomic E-state index is 0.134. The van der Waals surface area contributed by atoms with Crippen LogP contribution in [0.3, 0.4) is 0 Å². The van der Waals surface area contributed by atoms with Gasteiger partial charge in [0.15, 0.2) is 0 Å². The largest absolute Gasteiger partial charge is 0.383 e. The van der Waals surface area contributed by atoms with Crippen LogP contribution < -0.4 is 21.9 Å². The Bertz CT molecular complexity index is 1560. The number of hydrogen-bond donors (Lipinski definition) is 2. The van der Waals surface area contributed by atoms with Crippen LogP contribution in [0, 0.1) is 5.82 Å². The highest BCUT2D eigenvalue weighted by atomic mass is 19.1. The summed E-state index contributed by atoms with van der Waals surface area (Å²) in [6.07, 6.45) is 0.134. The molecule has 2 N–H and O–H groups in total. The number of ether oxygens (including phenoxy) is 1. The highest BCUT2D eigenvalue weighted by molar-refractivity contribution is 5.82. The summed E-state index contributed by atoms with van der Waals surface area (Å²) in [5, 5.41) is 5.74. The predicted octanol–water partition coefficient (Wildman–Crippen LogP) is 1.91. The van der Waals surface area contributed by atoms with Gasteiger partial charge in [-0.2, -0.15) is 0 Å². The quantitative estimate of drug-likeness (QED) is 0.312. The number of para-hydroxylation sites is 1. The molecule has 0 bridgehead atoms. The zero-order chi connectivity index (χ0) is 27.1. The molecule has 0 aliphatic carbocycles. The fourth-order valence-corrected chi connectivity index (χ4v) is 4.01. The molecule has 0 unspecified atom stereocenters. The third kappa shape index (κ3) is 6.22. The summed E-state index contributed by atoms with van der Waals surface area (Å²) in [7, 11) is 1.55. The van der Waals surface area contributed by atoms with Crippen molar-refractivity contribution in [3.05, 3.63) is 111 Å². The molecule has 0 spiro atoms. The zero-order valence-electron chi connectivity index (χ0n) is 20.8. The average Bonchev–Trinajstić information content (AvgIpc) is 2.92. The Balaban J connectivity index is 1.60. The predicted molar refractivity (Wildman–Crippen MR) is 141 cm³/mol. The van der Waals surface area contributed by atoms with Gasteiger partial charge in [-0.3, -0.25) is 19.0 Å². The molecule has 0 fully saturated rings. The first-order chi connectivity index (χ1) is 18.4. The molecule has 196 valence electrons. The second kappa shape index (κ2) is 12.1. The van der Waals surface area contributed by atoms with Crippen molar-refractivity contribution in [3.63, 3.8) is 0 Å². The molecule has 4 rings (SSSR count). The Kier molecular flexibility index (Phi) is 8.44. The van der Waals surface area contributed by atoms with E-state index in [9.17, 15) is 23.6 Å². The monoisotopic (exact) mass is 518 g/mol. The summed E-state index contributed by atoms with van der Waals surface area (Å²) >= 11 is 0. The number of benzene rings is 3. The number of rotatable bonds is 10. The number of methoxy groups -OCH3 is 1. The van der Waals surface area contributed by atoms with Crippen LogP contribution in [-0.4, -0.2) is 41.2 Å². The number of carbonyl (C=O) groups is 2. The highest BCUT2D eigenvalue weighted by Crippen LogP contribution is 2.12. The number of hydrogen-bond acceptors (Lipinski definition) is 5. The summed E-state index contributed by atoms with van der Waals surface area (Å²) in [5.41, 5.74) is 0.872. The molecule has 2 amide bonds. The summed E-state index contributed by atoms with van der Waals surface area (Å²) in [4.78, 5) is 51.6. The van der Waals surface area contributed by atoms with E-state index in [1.54, 1.807) is 67.8 Å². The highest BCUT2D eigenvalue weighted by Gasteiger charge is 2.16. The van der Waals surface area contributed by atoms with Gasteiger partial charge in [0.05, 0.1) is 29.6 Å². The van der Waals surface area contributed by atoms with Gasteiger partial charge in [0.1, 0.15) is 12.4 Å². The maximum atomic E-state index is 13.5. The topological polar surface area (TPSA) is 111 Å². The standard InChI is InChI=1S/C28H27FN4O5/c1-38-15-14-30-25(34)16-19-8-12-22(13-9-19)33-27(36)23-4-2-3-5-24(23)32(28(33)37)18-26(35)31-17-20-6-10-21(29)11-7-20/h2-13H,14-18H2,1H3,(H,30,34)(H,31,35). The fourth-order valence-electron chi connectivity index (χ4n) is 4.01. The summed E-state index contributed by atoms with van der Waals surface area (Å²) in [6, 6.07) is 18.8. The molecule has 1 heterocycles. The minimum Gasteiger partial charge on any atom is -0.383 e. The molecular formula is C28H27FN4O5. The smallest absolute Gasteiger partial charge is 0.336 e. The van der Waals surface area contributed by atoms with Crippen LogP contribution in [0.25, 0.3) is 16.6 Å². The van der Waals surface area contributed by atoms with Crippen LogP contribution in [0.15, 0.2) is 82.4 Å². The molecule has 0 atom stereocenters. The molecule has 3 aromatic carbocycles. The van der Waals surface area contributed by atoms with Crippen LogP contribution in [0.5, 0.6) is 0 Å². The lowest BCUT2D eigenvalue weighted by atomic mass is 10.1. The van der Waals surface area contributed by atoms with E-state index in [4.69, 9.17) is 4.74 Å². The Morgan fingerprint density at radius 3 is 2.26 bits per heavy atom. The number of halogens is 1. The average molecular weight is 519 g/mol. The molecule has 4 aromatic rings. The van der Waals surface area contributed by atoms with Crippen molar-refractivity contribution in [2.45, 2.75) is 19.5 Å².